The van der Waals surface area contributed by atoms with Gasteiger partial charge in [0.15, 0.2) is 0 Å². The number of thiocarbonyl (C=S) groups is 1. The first-order valence-electron chi connectivity index (χ1n) is 9.15. The molecule has 1 aliphatic heterocycles. The van der Waals surface area contributed by atoms with Gasteiger partial charge in [-0.1, -0.05) is 60.4 Å². The van der Waals surface area contributed by atoms with Gasteiger partial charge in [-0.15, -0.1) is 6.58 Å². The van der Waals surface area contributed by atoms with Crippen LogP contribution in [-0.4, -0.2) is 31.2 Å². The van der Waals surface area contributed by atoms with Crippen molar-refractivity contribution in [3.05, 3.63) is 93.5 Å². The minimum atomic E-state index is -0.407. The molecule has 0 N–H and O–H groups in total. The van der Waals surface area contributed by atoms with E-state index in [1.807, 2.05) is 36.5 Å². The Bertz CT molecular complexity index is 1210. The summed E-state index contributed by atoms with van der Waals surface area (Å²) in [6, 6.07) is 14.5. The molecule has 1 saturated heterocycles. The smallest absolute Gasteiger partial charge is 0.269 e. The molecule has 30 heavy (non-hydrogen) atoms. The minimum absolute atomic E-state index is 0.0679. The highest BCUT2D eigenvalue weighted by atomic mass is 32.2. The lowest BCUT2D eigenvalue weighted by molar-refractivity contribution is -0.384. The van der Waals surface area contributed by atoms with Crippen molar-refractivity contribution in [2.24, 2.45) is 0 Å². The highest BCUT2D eigenvalue weighted by Gasteiger charge is 2.31. The Hall–Kier alpha value is -3.23. The summed E-state index contributed by atoms with van der Waals surface area (Å²) in [4.78, 5) is 25.3. The molecule has 2 aromatic carbocycles. The normalized spacial score (nSPS) is 15.3. The summed E-state index contributed by atoms with van der Waals surface area (Å²) < 4.78 is 2.60. The first-order chi connectivity index (χ1) is 14.5. The first-order valence-corrected chi connectivity index (χ1v) is 10.4. The summed E-state index contributed by atoms with van der Waals surface area (Å²) in [5.41, 5.74) is 2.96. The van der Waals surface area contributed by atoms with Crippen LogP contribution in [0.3, 0.4) is 0 Å². The molecule has 1 aliphatic rings. The molecule has 8 heteroatoms. The number of hydrogen-bond acceptors (Lipinski definition) is 5. The van der Waals surface area contributed by atoms with Crippen LogP contribution >= 0.6 is 24.0 Å². The van der Waals surface area contributed by atoms with Crippen molar-refractivity contribution >= 4 is 56.9 Å². The van der Waals surface area contributed by atoms with Gasteiger partial charge in [0, 0.05) is 47.9 Å². The molecule has 0 unspecified atom stereocenters. The Kier molecular flexibility index (Phi) is 5.52. The molecule has 2 heterocycles. The maximum atomic E-state index is 12.7. The maximum Gasteiger partial charge on any atom is 0.269 e. The van der Waals surface area contributed by atoms with Crippen LogP contribution in [0.25, 0.3) is 17.0 Å². The Labute approximate surface area is 182 Å². The van der Waals surface area contributed by atoms with Crippen LogP contribution in [0.4, 0.5) is 5.69 Å². The van der Waals surface area contributed by atoms with Crippen molar-refractivity contribution in [1.82, 2.24) is 9.47 Å². The number of nitro groups is 1. The highest BCUT2D eigenvalue weighted by molar-refractivity contribution is 8.26. The summed E-state index contributed by atoms with van der Waals surface area (Å²) in [5, 5.41) is 11.9. The van der Waals surface area contributed by atoms with Gasteiger partial charge in [-0.05, 0) is 17.7 Å². The van der Waals surface area contributed by atoms with Gasteiger partial charge in [-0.3, -0.25) is 19.8 Å². The molecule has 0 radical (unpaired) electrons. The van der Waals surface area contributed by atoms with Crippen LogP contribution in [0.5, 0.6) is 0 Å². The van der Waals surface area contributed by atoms with Gasteiger partial charge in [0.05, 0.1) is 9.83 Å². The van der Waals surface area contributed by atoms with Crippen molar-refractivity contribution in [2.45, 2.75) is 6.54 Å². The molecular weight excluding hydrogens is 418 g/mol. The first kappa shape index (κ1) is 20.1. The topological polar surface area (TPSA) is 68.4 Å². The zero-order valence-corrected chi connectivity index (χ0v) is 17.5. The van der Waals surface area contributed by atoms with E-state index in [2.05, 4.69) is 11.1 Å². The van der Waals surface area contributed by atoms with Gasteiger partial charge in [0.2, 0.25) is 0 Å². The third kappa shape index (κ3) is 3.79. The van der Waals surface area contributed by atoms with E-state index >= 15 is 0 Å². The summed E-state index contributed by atoms with van der Waals surface area (Å²) in [5.74, 6) is -0.114. The number of non-ortho nitro benzene ring substituents is 1. The number of benzene rings is 2. The van der Waals surface area contributed by atoms with E-state index in [9.17, 15) is 14.9 Å². The van der Waals surface area contributed by atoms with Crippen molar-refractivity contribution in [3.8, 4) is 0 Å². The second-order valence-corrected chi connectivity index (χ2v) is 8.41. The number of thioether (sulfide) groups is 1. The van der Waals surface area contributed by atoms with Crippen molar-refractivity contribution < 1.29 is 9.72 Å². The second-order valence-electron chi connectivity index (χ2n) is 6.73. The van der Waals surface area contributed by atoms with E-state index in [1.54, 1.807) is 18.2 Å². The lowest BCUT2D eigenvalue weighted by Gasteiger charge is -2.10. The lowest BCUT2D eigenvalue weighted by Crippen LogP contribution is -2.27. The number of carbonyl (C=O) groups excluding carboxylic acids is 1. The summed E-state index contributed by atoms with van der Waals surface area (Å²) in [6.45, 7) is 4.63. The molecule has 4 rings (SSSR count). The number of fused-ring (bicyclic) bond motifs is 1. The zero-order valence-electron chi connectivity index (χ0n) is 15.9. The number of nitrogens with zero attached hydrogens (tertiary/aromatic N) is 3. The van der Waals surface area contributed by atoms with Gasteiger partial charge >= 0.3 is 0 Å². The van der Waals surface area contributed by atoms with Crippen molar-refractivity contribution in [3.63, 3.8) is 0 Å². The zero-order chi connectivity index (χ0) is 21.3. The van der Waals surface area contributed by atoms with E-state index in [4.69, 9.17) is 12.2 Å². The molecule has 6 nitrogen and oxygen atoms in total. The quantitative estimate of drug-likeness (QED) is 0.179. The molecule has 0 aliphatic carbocycles. The lowest BCUT2D eigenvalue weighted by atomic mass is 10.1. The molecule has 150 valence electrons. The van der Waals surface area contributed by atoms with Gasteiger partial charge < -0.3 is 4.57 Å². The van der Waals surface area contributed by atoms with Crippen LogP contribution in [0.15, 0.2) is 72.3 Å². The van der Waals surface area contributed by atoms with E-state index < -0.39 is 4.92 Å². The average molecular weight is 436 g/mol. The SMILES string of the molecule is C=CCN1C(=O)C(=Cc2cn(Cc3ccc([N+](=O)[O-])cc3)c3ccccc23)SC1=S. The largest absolute Gasteiger partial charge is 0.342 e. The van der Waals surface area contributed by atoms with Gasteiger partial charge in [0.1, 0.15) is 4.32 Å². The molecule has 1 fully saturated rings. The molecule has 0 saturated carbocycles. The van der Waals surface area contributed by atoms with Crippen LogP contribution in [0, 0.1) is 10.1 Å². The summed E-state index contributed by atoms with van der Waals surface area (Å²) >= 11 is 6.61. The molecule has 0 spiro atoms. The van der Waals surface area contributed by atoms with Gasteiger partial charge in [-0.25, -0.2) is 0 Å². The monoisotopic (exact) mass is 435 g/mol. The Balaban J connectivity index is 1.69. The van der Waals surface area contributed by atoms with Crippen LogP contribution in [-0.2, 0) is 11.3 Å². The Morgan fingerprint density at radius 1 is 1.17 bits per heavy atom. The number of carbonyl (C=O) groups is 1. The van der Waals surface area contributed by atoms with E-state index in [0.717, 1.165) is 22.0 Å². The molecular formula is C22H17N3O3S2. The van der Waals surface area contributed by atoms with Crippen LogP contribution in [0.2, 0.25) is 0 Å². The van der Waals surface area contributed by atoms with Crippen LogP contribution < -0.4 is 0 Å². The predicted molar refractivity (Wildman–Crippen MR) is 124 cm³/mol. The second kappa shape index (κ2) is 8.25. The molecule has 0 bridgehead atoms. The van der Waals surface area contributed by atoms with Crippen molar-refractivity contribution in [1.29, 1.82) is 0 Å². The summed E-state index contributed by atoms with van der Waals surface area (Å²) in [7, 11) is 0. The minimum Gasteiger partial charge on any atom is -0.342 e. The molecule has 1 amide bonds. The third-order valence-electron chi connectivity index (χ3n) is 4.79. The number of amides is 1. The number of para-hydroxylation sites is 1. The standard InChI is InChI=1S/C22H17N3O3S2/c1-2-11-24-21(26)20(30-22(24)29)12-16-14-23(19-6-4-3-5-18(16)19)13-15-7-9-17(10-8-15)25(27)28/h2-10,12,14H,1,11,13H2. The predicted octanol–water partition coefficient (Wildman–Crippen LogP) is 4.99. The summed E-state index contributed by atoms with van der Waals surface area (Å²) in [6.07, 6.45) is 5.52. The van der Waals surface area contributed by atoms with E-state index in [-0.39, 0.29) is 11.6 Å². The number of aromatic nitrogens is 1. The van der Waals surface area contributed by atoms with Gasteiger partial charge in [0.25, 0.3) is 11.6 Å². The number of hydrogen-bond donors (Lipinski definition) is 0. The number of nitro benzene ring substituents is 1. The fourth-order valence-electron chi connectivity index (χ4n) is 3.37. The highest BCUT2D eigenvalue weighted by Crippen LogP contribution is 2.34. The fourth-order valence-corrected chi connectivity index (χ4v) is 4.63. The van der Waals surface area contributed by atoms with Gasteiger partial charge in [-0.2, -0.15) is 0 Å². The number of rotatable bonds is 6. The molecule has 3 aromatic rings. The van der Waals surface area contributed by atoms with E-state index in [1.165, 1.54) is 28.8 Å². The Morgan fingerprint density at radius 3 is 2.60 bits per heavy atom. The average Bonchev–Trinajstić information content (AvgIpc) is 3.21. The van der Waals surface area contributed by atoms with Crippen LogP contribution in [0.1, 0.15) is 11.1 Å². The fraction of sp³-hybridized carbons (Fsp3) is 0.0909. The molecule has 1 aromatic heterocycles. The maximum absolute atomic E-state index is 12.7. The van der Waals surface area contributed by atoms with E-state index in [0.29, 0.717) is 22.3 Å². The van der Waals surface area contributed by atoms with Crippen molar-refractivity contribution in [2.75, 3.05) is 6.54 Å². The third-order valence-corrected chi connectivity index (χ3v) is 6.17. The Morgan fingerprint density at radius 2 is 1.90 bits per heavy atom. The molecule has 0 atom stereocenters.